The highest BCUT2D eigenvalue weighted by molar-refractivity contribution is 7.91. The van der Waals surface area contributed by atoms with Crippen molar-refractivity contribution in [3.63, 3.8) is 0 Å². The number of aryl methyl sites for hydroxylation is 2. The van der Waals surface area contributed by atoms with Crippen LogP contribution in [0.2, 0.25) is 0 Å². The molecule has 0 bridgehead atoms. The molecule has 6 nitrogen and oxygen atoms in total. The lowest BCUT2D eigenvalue weighted by atomic mass is 10.3. The van der Waals surface area contributed by atoms with Crippen LogP contribution >= 0.6 is 0 Å². The molecule has 3 rings (SSSR count). The first-order valence-corrected chi connectivity index (χ1v) is 8.65. The number of fused-ring (bicyclic) bond motifs is 1. The molecule has 2 heterocycles. The summed E-state index contributed by atoms with van der Waals surface area (Å²) >= 11 is 0. The van der Waals surface area contributed by atoms with Crippen molar-refractivity contribution in [2.75, 3.05) is 19.0 Å². The molecule has 0 N–H and O–H groups in total. The van der Waals surface area contributed by atoms with Gasteiger partial charge in [-0.1, -0.05) is 18.2 Å². The normalized spacial score (nSPS) is 11.8. The maximum absolute atomic E-state index is 13.1. The van der Waals surface area contributed by atoms with Crippen LogP contribution < -0.4 is 4.90 Å². The van der Waals surface area contributed by atoms with E-state index in [4.69, 9.17) is 0 Å². The molecule has 0 saturated carbocycles. The summed E-state index contributed by atoms with van der Waals surface area (Å²) in [6.07, 6.45) is 0. The van der Waals surface area contributed by atoms with E-state index in [2.05, 4.69) is 10.1 Å². The lowest BCUT2D eigenvalue weighted by Crippen LogP contribution is -2.14. The molecule has 23 heavy (non-hydrogen) atoms. The number of nitrogens with zero attached hydrogens (tertiary/aromatic N) is 4. The number of rotatable bonds is 3. The fourth-order valence-corrected chi connectivity index (χ4v) is 4.13. The van der Waals surface area contributed by atoms with Crippen LogP contribution in [0, 0.1) is 13.8 Å². The molecule has 120 valence electrons. The van der Waals surface area contributed by atoms with Crippen molar-refractivity contribution in [3.8, 4) is 0 Å². The van der Waals surface area contributed by atoms with E-state index in [9.17, 15) is 8.42 Å². The second-order valence-electron chi connectivity index (χ2n) is 5.64. The minimum atomic E-state index is -3.72. The molecule has 1 aromatic carbocycles. The Labute approximate surface area is 135 Å². The molecule has 0 spiro atoms. The van der Waals surface area contributed by atoms with Crippen molar-refractivity contribution < 1.29 is 8.42 Å². The molecule has 0 saturated heterocycles. The number of anilines is 1. The summed E-state index contributed by atoms with van der Waals surface area (Å²) in [5, 5.41) is 4.45. The number of sulfone groups is 1. The van der Waals surface area contributed by atoms with E-state index in [0.717, 1.165) is 11.4 Å². The third-order valence-corrected chi connectivity index (χ3v) is 5.38. The van der Waals surface area contributed by atoms with Gasteiger partial charge in [0, 0.05) is 25.5 Å². The van der Waals surface area contributed by atoms with Gasteiger partial charge in [0.05, 0.1) is 4.90 Å². The van der Waals surface area contributed by atoms with Crippen molar-refractivity contribution in [2.24, 2.45) is 0 Å². The number of hydrogen-bond acceptors (Lipinski definition) is 5. The van der Waals surface area contributed by atoms with Crippen molar-refractivity contribution in [2.45, 2.75) is 23.6 Å². The third-order valence-electron chi connectivity index (χ3n) is 3.58. The summed E-state index contributed by atoms with van der Waals surface area (Å²) in [6, 6.07) is 10.2. The van der Waals surface area contributed by atoms with Crippen LogP contribution in [0.15, 0.2) is 46.2 Å². The quantitative estimate of drug-likeness (QED) is 0.737. The fourth-order valence-electron chi connectivity index (χ4n) is 2.54. The van der Waals surface area contributed by atoms with Gasteiger partial charge in [0.25, 0.3) is 0 Å². The fraction of sp³-hybridized carbons (Fsp3) is 0.250. The van der Waals surface area contributed by atoms with Gasteiger partial charge < -0.3 is 4.90 Å². The van der Waals surface area contributed by atoms with Gasteiger partial charge in [-0.25, -0.2) is 17.9 Å². The molecular formula is C16H18N4O2S. The first-order valence-electron chi connectivity index (χ1n) is 7.17. The molecule has 0 radical (unpaired) electrons. The molecule has 0 aliphatic rings. The van der Waals surface area contributed by atoms with Crippen molar-refractivity contribution >= 4 is 21.3 Å². The lowest BCUT2D eigenvalue weighted by molar-refractivity contribution is 0.596. The summed E-state index contributed by atoms with van der Waals surface area (Å²) in [5.41, 5.74) is 1.95. The molecule has 0 atom stereocenters. The molecule has 0 fully saturated rings. The summed E-state index contributed by atoms with van der Waals surface area (Å²) < 4.78 is 27.9. The lowest BCUT2D eigenvalue weighted by Gasteiger charge is -2.11. The van der Waals surface area contributed by atoms with E-state index in [1.807, 2.05) is 19.9 Å². The van der Waals surface area contributed by atoms with Crippen LogP contribution in [0.5, 0.6) is 0 Å². The molecule has 3 aromatic rings. The van der Waals surface area contributed by atoms with Crippen LogP contribution in [0.3, 0.4) is 0 Å². The van der Waals surface area contributed by atoms with Crippen LogP contribution in [-0.2, 0) is 9.84 Å². The minimum Gasteiger partial charge on any atom is -0.360 e. The molecule has 0 amide bonds. The maximum Gasteiger partial charge on any atom is 0.214 e. The van der Waals surface area contributed by atoms with Crippen LogP contribution in [0.25, 0.3) is 5.65 Å². The Morgan fingerprint density at radius 1 is 1.09 bits per heavy atom. The van der Waals surface area contributed by atoms with Crippen molar-refractivity contribution in [1.82, 2.24) is 14.6 Å². The second-order valence-corrected chi connectivity index (χ2v) is 7.52. The highest BCUT2D eigenvalue weighted by Gasteiger charge is 2.30. The Morgan fingerprint density at radius 3 is 2.35 bits per heavy atom. The molecule has 7 heteroatoms. The van der Waals surface area contributed by atoms with E-state index < -0.39 is 9.84 Å². The average molecular weight is 330 g/mol. The Balaban J connectivity index is 2.43. The smallest absolute Gasteiger partial charge is 0.214 e. The van der Waals surface area contributed by atoms with Gasteiger partial charge in [-0.3, -0.25) is 0 Å². The minimum absolute atomic E-state index is 0.139. The molecule has 2 aromatic heterocycles. The summed E-state index contributed by atoms with van der Waals surface area (Å²) in [6.45, 7) is 3.72. The summed E-state index contributed by atoms with van der Waals surface area (Å²) in [4.78, 5) is 6.49. The summed E-state index contributed by atoms with van der Waals surface area (Å²) in [5.74, 6) is 0.384. The van der Waals surface area contributed by atoms with Gasteiger partial charge in [-0.15, -0.1) is 5.10 Å². The van der Waals surface area contributed by atoms with Gasteiger partial charge in [-0.2, -0.15) is 0 Å². The molecule has 0 aliphatic heterocycles. The monoisotopic (exact) mass is 330 g/mol. The van der Waals surface area contributed by atoms with E-state index in [1.165, 1.54) is 0 Å². The standard InChI is InChI=1S/C16H18N4O2S/c1-11-10-12(2)20-15(17-11)14(16(18-20)19(3)4)23(21,22)13-8-6-5-7-9-13/h5-10H,1-4H3. The Kier molecular flexibility index (Phi) is 3.60. The van der Waals surface area contributed by atoms with E-state index >= 15 is 0 Å². The Bertz CT molecular complexity index is 976. The first-order chi connectivity index (χ1) is 10.8. The van der Waals surface area contributed by atoms with Gasteiger partial charge in [-0.05, 0) is 32.0 Å². The topological polar surface area (TPSA) is 67.6 Å². The van der Waals surface area contributed by atoms with E-state index in [-0.39, 0.29) is 9.79 Å². The predicted octanol–water partition coefficient (Wildman–Crippen LogP) is 2.24. The van der Waals surface area contributed by atoms with Crippen LogP contribution in [0.4, 0.5) is 5.82 Å². The first kappa shape index (κ1) is 15.5. The summed E-state index contributed by atoms with van der Waals surface area (Å²) in [7, 11) is -0.175. The Hall–Kier alpha value is -2.41. The Morgan fingerprint density at radius 2 is 1.74 bits per heavy atom. The zero-order valence-electron chi connectivity index (χ0n) is 13.5. The van der Waals surface area contributed by atoms with E-state index in [1.54, 1.807) is 53.8 Å². The van der Waals surface area contributed by atoms with Crippen LogP contribution in [-0.4, -0.2) is 37.1 Å². The highest BCUT2D eigenvalue weighted by atomic mass is 32.2. The zero-order chi connectivity index (χ0) is 16.8. The van der Waals surface area contributed by atoms with Gasteiger partial charge in [0.2, 0.25) is 9.84 Å². The van der Waals surface area contributed by atoms with Gasteiger partial charge >= 0.3 is 0 Å². The molecular weight excluding hydrogens is 312 g/mol. The maximum atomic E-state index is 13.1. The third kappa shape index (κ3) is 2.46. The van der Waals surface area contributed by atoms with Gasteiger partial charge in [0.1, 0.15) is 0 Å². The predicted molar refractivity (Wildman–Crippen MR) is 88.7 cm³/mol. The van der Waals surface area contributed by atoms with Gasteiger partial charge in [0.15, 0.2) is 16.4 Å². The SMILES string of the molecule is Cc1cc(C)n2nc(N(C)C)c(S(=O)(=O)c3ccccc3)c2n1. The van der Waals surface area contributed by atoms with Crippen LogP contribution in [0.1, 0.15) is 11.4 Å². The largest absolute Gasteiger partial charge is 0.360 e. The number of hydrogen-bond donors (Lipinski definition) is 0. The average Bonchev–Trinajstić information content (AvgIpc) is 2.88. The van der Waals surface area contributed by atoms with E-state index in [0.29, 0.717) is 11.5 Å². The molecule has 0 aliphatic carbocycles. The number of aromatic nitrogens is 3. The second kappa shape index (κ2) is 5.34. The molecule has 0 unspecified atom stereocenters. The van der Waals surface area contributed by atoms with Crippen molar-refractivity contribution in [3.05, 3.63) is 47.8 Å². The highest BCUT2D eigenvalue weighted by Crippen LogP contribution is 2.32. The zero-order valence-corrected chi connectivity index (χ0v) is 14.3. The number of benzene rings is 1. The van der Waals surface area contributed by atoms with Crippen molar-refractivity contribution in [1.29, 1.82) is 0 Å².